The number of nitrogens with zero attached hydrogens (tertiary/aromatic N) is 3. The van der Waals surface area contributed by atoms with Gasteiger partial charge in [-0.2, -0.15) is 13.2 Å². The summed E-state index contributed by atoms with van der Waals surface area (Å²) in [6.07, 6.45) is -0.333. The molecule has 0 fully saturated rings. The van der Waals surface area contributed by atoms with Gasteiger partial charge in [0.15, 0.2) is 5.01 Å². The lowest BCUT2D eigenvalue weighted by Crippen LogP contribution is -2.03. The molecule has 0 aliphatic heterocycles. The summed E-state index contributed by atoms with van der Waals surface area (Å²) < 4.78 is 37.8. The highest BCUT2D eigenvalue weighted by atomic mass is 32.1. The van der Waals surface area contributed by atoms with Crippen LogP contribution in [0.2, 0.25) is 0 Å². The average molecular weight is 302 g/mol. The zero-order valence-corrected chi connectivity index (χ0v) is 11.8. The molecule has 0 aliphatic rings. The highest BCUT2D eigenvalue weighted by molar-refractivity contribution is 7.15. The third-order valence-corrected chi connectivity index (χ3v) is 3.71. The lowest BCUT2D eigenvalue weighted by atomic mass is 10.1. The fourth-order valence-electron chi connectivity index (χ4n) is 1.84. The lowest BCUT2D eigenvalue weighted by molar-refractivity contribution is -0.137. The minimum absolute atomic E-state index is 0.402. The number of halogens is 3. The van der Waals surface area contributed by atoms with Gasteiger partial charge in [-0.05, 0) is 6.42 Å². The van der Waals surface area contributed by atoms with Crippen molar-refractivity contribution in [2.45, 2.75) is 25.9 Å². The molecule has 20 heavy (non-hydrogen) atoms. The first kappa shape index (κ1) is 14.7. The van der Waals surface area contributed by atoms with Gasteiger partial charge in [0.05, 0.1) is 10.6 Å². The molecule has 0 unspecified atom stereocenters. The predicted molar refractivity (Wildman–Crippen MR) is 71.7 cm³/mol. The van der Waals surface area contributed by atoms with Crippen LogP contribution < -0.4 is 5.32 Å². The highest BCUT2D eigenvalue weighted by Crippen LogP contribution is 2.37. The Morgan fingerprint density at radius 3 is 2.55 bits per heavy atom. The molecule has 0 radical (unpaired) electrons. The minimum atomic E-state index is -4.42. The van der Waals surface area contributed by atoms with Gasteiger partial charge in [-0.25, -0.2) is 15.0 Å². The maximum atomic E-state index is 12.6. The monoisotopic (exact) mass is 302 g/mol. The summed E-state index contributed by atoms with van der Waals surface area (Å²) in [6, 6.07) is 0. The molecular weight excluding hydrogens is 289 g/mol. The highest BCUT2D eigenvalue weighted by Gasteiger charge is 2.35. The van der Waals surface area contributed by atoms with E-state index >= 15 is 0 Å². The van der Waals surface area contributed by atoms with Crippen molar-refractivity contribution in [3.8, 4) is 10.6 Å². The van der Waals surface area contributed by atoms with Crippen LogP contribution in [0, 0.1) is 0 Å². The quantitative estimate of drug-likeness (QED) is 0.937. The molecule has 0 aromatic carbocycles. The van der Waals surface area contributed by atoms with E-state index in [0.717, 1.165) is 12.0 Å². The third-order valence-electron chi connectivity index (χ3n) is 2.66. The van der Waals surface area contributed by atoms with E-state index in [9.17, 15) is 13.2 Å². The molecule has 0 bridgehead atoms. The van der Waals surface area contributed by atoms with Gasteiger partial charge in [-0.15, -0.1) is 11.3 Å². The Morgan fingerprint density at radius 2 is 2.00 bits per heavy atom. The number of nitrogens with one attached hydrogen (secondary N) is 1. The maximum absolute atomic E-state index is 12.6. The zero-order valence-electron chi connectivity index (χ0n) is 11.0. The van der Waals surface area contributed by atoms with E-state index in [4.69, 9.17) is 0 Å². The molecule has 1 N–H and O–H groups in total. The van der Waals surface area contributed by atoms with Crippen molar-refractivity contribution in [2.75, 3.05) is 12.4 Å². The lowest BCUT2D eigenvalue weighted by Gasteiger charge is -2.10. The van der Waals surface area contributed by atoms with Crippen molar-refractivity contribution in [1.82, 2.24) is 15.0 Å². The van der Waals surface area contributed by atoms with E-state index in [1.807, 2.05) is 6.92 Å². The molecule has 4 nitrogen and oxygen atoms in total. The number of rotatable bonds is 4. The van der Waals surface area contributed by atoms with E-state index in [1.165, 1.54) is 12.5 Å². The van der Waals surface area contributed by atoms with Crippen molar-refractivity contribution >= 4 is 17.2 Å². The molecule has 0 amide bonds. The molecule has 108 valence electrons. The first-order chi connectivity index (χ1) is 9.47. The molecule has 8 heteroatoms. The summed E-state index contributed by atoms with van der Waals surface area (Å²) in [5, 5.41) is 2.08. The van der Waals surface area contributed by atoms with Crippen LogP contribution in [0.15, 0.2) is 12.5 Å². The average Bonchev–Trinajstić information content (AvgIpc) is 2.88. The molecule has 2 heterocycles. The number of anilines is 1. The van der Waals surface area contributed by atoms with Gasteiger partial charge >= 0.3 is 6.18 Å². The Hall–Kier alpha value is -1.70. The Bertz CT molecular complexity index is 595. The van der Waals surface area contributed by atoms with Gasteiger partial charge in [-0.3, -0.25) is 0 Å². The summed E-state index contributed by atoms with van der Waals surface area (Å²) in [4.78, 5) is 12.1. The molecule has 0 atom stereocenters. The van der Waals surface area contributed by atoms with E-state index in [0.29, 0.717) is 34.1 Å². The Morgan fingerprint density at radius 1 is 1.25 bits per heavy atom. The second kappa shape index (κ2) is 5.74. The summed E-state index contributed by atoms with van der Waals surface area (Å²) in [7, 11) is 1.72. The zero-order chi connectivity index (χ0) is 14.8. The molecule has 0 aliphatic carbocycles. The SMILES string of the molecule is CCCc1c(NC)ncnc1-c1cnc(C(F)(F)F)s1. The minimum Gasteiger partial charge on any atom is -0.373 e. The summed E-state index contributed by atoms with van der Waals surface area (Å²) >= 11 is 0.598. The second-order valence-electron chi connectivity index (χ2n) is 4.08. The number of aromatic nitrogens is 3. The van der Waals surface area contributed by atoms with Crippen LogP contribution in [0.3, 0.4) is 0 Å². The van der Waals surface area contributed by atoms with Crippen LogP contribution in [0.25, 0.3) is 10.6 Å². The summed E-state index contributed by atoms with van der Waals surface area (Å²) in [5.41, 5.74) is 1.33. The van der Waals surface area contributed by atoms with Crippen LogP contribution in [0.5, 0.6) is 0 Å². The summed E-state index contributed by atoms with van der Waals surface area (Å²) in [5.74, 6) is 0.638. The fraction of sp³-hybridized carbons (Fsp3) is 0.417. The first-order valence-electron chi connectivity index (χ1n) is 6.02. The van der Waals surface area contributed by atoms with Crippen molar-refractivity contribution in [3.05, 3.63) is 23.1 Å². The van der Waals surface area contributed by atoms with Gasteiger partial charge in [0, 0.05) is 18.8 Å². The largest absolute Gasteiger partial charge is 0.443 e. The van der Waals surface area contributed by atoms with Gasteiger partial charge in [0.25, 0.3) is 0 Å². The van der Waals surface area contributed by atoms with Crippen molar-refractivity contribution in [3.63, 3.8) is 0 Å². The number of hydrogen-bond donors (Lipinski definition) is 1. The van der Waals surface area contributed by atoms with Crippen LogP contribution in [0.1, 0.15) is 23.9 Å². The van der Waals surface area contributed by atoms with Gasteiger partial charge in [-0.1, -0.05) is 13.3 Å². The Labute approximate surface area is 118 Å². The summed E-state index contributed by atoms with van der Waals surface area (Å²) in [6.45, 7) is 1.99. The van der Waals surface area contributed by atoms with Crippen LogP contribution in [-0.4, -0.2) is 22.0 Å². The molecule has 2 aromatic heterocycles. The molecule has 0 saturated carbocycles. The van der Waals surface area contributed by atoms with Crippen molar-refractivity contribution < 1.29 is 13.2 Å². The van der Waals surface area contributed by atoms with Crippen molar-refractivity contribution in [1.29, 1.82) is 0 Å². The van der Waals surface area contributed by atoms with Gasteiger partial charge in [0.1, 0.15) is 12.1 Å². The Balaban J connectivity index is 2.49. The fourth-order valence-corrected chi connectivity index (χ4v) is 2.65. The molecule has 0 spiro atoms. The van der Waals surface area contributed by atoms with Gasteiger partial charge in [0.2, 0.25) is 0 Å². The van der Waals surface area contributed by atoms with E-state index < -0.39 is 11.2 Å². The number of alkyl halides is 3. The van der Waals surface area contributed by atoms with Crippen molar-refractivity contribution in [2.24, 2.45) is 0 Å². The molecule has 0 saturated heterocycles. The molecular formula is C12H13F3N4S. The topological polar surface area (TPSA) is 50.7 Å². The normalized spacial score (nSPS) is 11.7. The third kappa shape index (κ3) is 2.90. The Kier molecular flexibility index (Phi) is 4.22. The maximum Gasteiger partial charge on any atom is 0.443 e. The molecule has 2 aromatic rings. The van der Waals surface area contributed by atoms with Gasteiger partial charge < -0.3 is 5.32 Å². The number of hydrogen-bond acceptors (Lipinski definition) is 5. The number of thiazole rings is 1. The van der Waals surface area contributed by atoms with Crippen LogP contribution in [-0.2, 0) is 12.6 Å². The van der Waals surface area contributed by atoms with E-state index in [2.05, 4.69) is 20.3 Å². The van der Waals surface area contributed by atoms with Crippen LogP contribution in [0.4, 0.5) is 19.0 Å². The van der Waals surface area contributed by atoms with E-state index in [1.54, 1.807) is 7.05 Å². The first-order valence-corrected chi connectivity index (χ1v) is 6.84. The predicted octanol–water partition coefficient (Wildman–Crippen LogP) is 3.61. The smallest absolute Gasteiger partial charge is 0.373 e. The molecule has 2 rings (SSSR count). The second-order valence-corrected chi connectivity index (χ2v) is 5.11. The standard InChI is InChI=1S/C12H13F3N4S/c1-3-4-7-9(18-6-19-10(7)16-2)8-5-17-11(20-8)12(13,14)15/h5-6H,3-4H2,1-2H3,(H,16,18,19). The van der Waals surface area contributed by atoms with Crippen LogP contribution >= 0.6 is 11.3 Å². The van der Waals surface area contributed by atoms with E-state index in [-0.39, 0.29) is 0 Å².